The van der Waals surface area contributed by atoms with Crippen LogP contribution in [0.4, 0.5) is 4.39 Å². The number of hydrogen-bond donors (Lipinski definition) is 2. The number of H-pyrrole nitrogens is 1. The van der Waals surface area contributed by atoms with Crippen molar-refractivity contribution in [3.05, 3.63) is 65.1 Å². The maximum atomic E-state index is 13.2. The molecular weight excluding hydrogens is 269 g/mol. The summed E-state index contributed by atoms with van der Waals surface area (Å²) in [4.78, 5) is 12.2. The van der Waals surface area contributed by atoms with Crippen LogP contribution in [0.3, 0.4) is 0 Å². The molecule has 0 atom stereocenters. The summed E-state index contributed by atoms with van der Waals surface area (Å²) in [6.07, 6.45) is 0. The Morgan fingerprint density at radius 1 is 1.29 bits per heavy atom. The Kier molecular flexibility index (Phi) is 3.39. The van der Waals surface area contributed by atoms with Gasteiger partial charge >= 0.3 is 0 Å². The topological polar surface area (TPSA) is 57.8 Å². The third-order valence-corrected chi connectivity index (χ3v) is 3.36. The fourth-order valence-electron chi connectivity index (χ4n) is 2.22. The van der Waals surface area contributed by atoms with Gasteiger partial charge in [-0.2, -0.15) is 5.10 Å². The molecule has 1 heterocycles. The van der Waals surface area contributed by atoms with Crippen molar-refractivity contribution in [3.63, 3.8) is 0 Å². The van der Waals surface area contributed by atoms with Gasteiger partial charge in [0.25, 0.3) is 5.91 Å². The molecule has 0 bridgehead atoms. The van der Waals surface area contributed by atoms with E-state index in [0.29, 0.717) is 17.8 Å². The maximum absolute atomic E-state index is 13.2. The number of aryl methyl sites for hydroxylation is 1. The molecule has 0 saturated heterocycles. The molecule has 1 amide bonds. The summed E-state index contributed by atoms with van der Waals surface area (Å²) in [6.45, 7) is 2.03. The van der Waals surface area contributed by atoms with Crippen LogP contribution in [0.25, 0.3) is 10.9 Å². The molecule has 2 aromatic carbocycles. The molecule has 2 N–H and O–H groups in total. The van der Waals surface area contributed by atoms with Gasteiger partial charge in [-0.1, -0.05) is 30.3 Å². The summed E-state index contributed by atoms with van der Waals surface area (Å²) < 4.78 is 13.2. The van der Waals surface area contributed by atoms with Crippen molar-refractivity contribution in [2.75, 3.05) is 0 Å². The van der Waals surface area contributed by atoms with Crippen LogP contribution in [0, 0.1) is 12.7 Å². The second-order valence-corrected chi connectivity index (χ2v) is 4.88. The number of hydrogen-bond acceptors (Lipinski definition) is 2. The molecular formula is C16H14FN3O. The van der Waals surface area contributed by atoms with Crippen molar-refractivity contribution in [1.82, 2.24) is 15.5 Å². The zero-order chi connectivity index (χ0) is 14.8. The first-order valence-electron chi connectivity index (χ1n) is 6.61. The first kappa shape index (κ1) is 13.3. The van der Waals surface area contributed by atoms with E-state index < -0.39 is 0 Å². The smallest absolute Gasteiger partial charge is 0.272 e. The van der Waals surface area contributed by atoms with Crippen LogP contribution >= 0.6 is 0 Å². The van der Waals surface area contributed by atoms with Crippen molar-refractivity contribution < 1.29 is 9.18 Å². The van der Waals surface area contributed by atoms with Crippen LogP contribution in [-0.4, -0.2) is 16.1 Å². The van der Waals surface area contributed by atoms with Gasteiger partial charge in [0.2, 0.25) is 0 Å². The van der Waals surface area contributed by atoms with Gasteiger partial charge in [0.15, 0.2) is 5.69 Å². The Balaban J connectivity index is 1.76. The highest BCUT2D eigenvalue weighted by Crippen LogP contribution is 2.15. The molecule has 3 rings (SSSR count). The van der Waals surface area contributed by atoms with Crippen LogP contribution < -0.4 is 5.32 Å². The van der Waals surface area contributed by atoms with E-state index in [1.54, 1.807) is 19.1 Å². The van der Waals surface area contributed by atoms with E-state index in [9.17, 15) is 9.18 Å². The maximum Gasteiger partial charge on any atom is 0.272 e. The molecule has 5 heteroatoms. The minimum Gasteiger partial charge on any atom is -0.347 e. The number of fused-ring (bicyclic) bond motifs is 1. The highest BCUT2D eigenvalue weighted by molar-refractivity contribution is 6.04. The molecule has 0 unspecified atom stereocenters. The van der Waals surface area contributed by atoms with Crippen LogP contribution in [0.5, 0.6) is 0 Å². The lowest BCUT2D eigenvalue weighted by Gasteiger charge is -2.05. The van der Waals surface area contributed by atoms with Crippen LogP contribution in [0.1, 0.15) is 21.6 Å². The number of carbonyl (C=O) groups excluding carboxylic acids is 1. The van der Waals surface area contributed by atoms with E-state index in [2.05, 4.69) is 15.5 Å². The number of benzene rings is 2. The fraction of sp³-hybridized carbons (Fsp3) is 0.125. The van der Waals surface area contributed by atoms with E-state index in [1.165, 1.54) is 6.07 Å². The molecule has 3 aromatic rings. The quantitative estimate of drug-likeness (QED) is 0.776. The minimum atomic E-state index is -0.255. The first-order valence-corrected chi connectivity index (χ1v) is 6.61. The van der Waals surface area contributed by atoms with E-state index in [1.807, 2.05) is 24.3 Å². The third kappa shape index (κ3) is 2.63. The molecule has 0 saturated carbocycles. The number of aromatic nitrogens is 2. The average Bonchev–Trinajstić information content (AvgIpc) is 2.92. The van der Waals surface area contributed by atoms with E-state index in [-0.39, 0.29) is 11.7 Å². The molecule has 0 fully saturated rings. The van der Waals surface area contributed by atoms with Crippen molar-refractivity contribution >= 4 is 16.8 Å². The standard InChI is InChI=1S/C16H14FN3O/c1-10-8-11(6-7-13(10)17)9-18-16(21)15-12-4-2-3-5-14(12)19-20-15/h2-8H,9H2,1H3,(H,18,21)(H,19,20). The highest BCUT2D eigenvalue weighted by atomic mass is 19.1. The number of aromatic amines is 1. The molecule has 0 spiro atoms. The van der Waals surface area contributed by atoms with Gasteiger partial charge in [-0.3, -0.25) is 9.89 Å². The SMILES string of the molecule is Cc1cc(CNC(=O)c2n[nH]c3ccccc23)ccc1F. The largest absolute Gasteiger partial charge is 0.347 e. The van der Waals surface area contributed by atoms with Crippen molar-refractivity contribution in [2.45, 2.75) is 13.5 Å². The van der Waals surface area contributed by atoms with E-state index >= 15 is 0 Å². The van der Waals surface area contributed by atoms with Gasteiger partial charge < -0.3 is 5.32 Å². The Hall–Kier alpha value is -2.69. The van der Waals surface area contributed by atoms with Gasteiger partial charge in [0, 0.05) is 11.9 Å². The van der Waals surface area contributed by atoms with Crippen LogP contribution in [0.2, 0.25) is 0 Å². The number of carbonyl (C=O) groups is 1. The lowest BCUT2D eigenvalue weighted by Crippen LogP contribution is -2.23. The molecule has 21 heavy (non-hydrogen) atoms. The third-order valence-electron chi connectivity index (χ3n) is 3.36. The summed E-state index contributed by atoms with van der Waals surface area (Å²) in [5.74, 6) is -0.502. The van der Waals surface area contributed by atoms with E-state index in [4.69, 9.17) is 0 Å². The van der Waals surface area contributed by atoms with Gasteiger partial charge in [-0.05, 0) is 30.2 Å². The molecule has 1 aromatic heterocycles. The average molecular weight is 283 g/mol. The number of nitrogens with zero attached hydrogens (tertiary/aromatic N) is 1. The lowest BCUT2D eigenvalue weighted by atomic mass is 10.1. The Morgan fingerprint density at radius 3 is 2.90 bits per heavy atom. The van der Waals surface area contributed by atoms with Gasteiger partial charge in [0.05, 0.1) is 5.52 Å². The highest BCUT2D eigenvalue weighted by Gasteiger charge is 2.13. The van der Waals surface area contributed by atoms with Crippen molar-refractivity contribution in [1.29, 1.82) is 0 Å². The first-order chi connectivity index (χ1) is 10.1. The summed E-state index contributed by atoms with van der Waals surface area (Å²) in [5.41, 5.74) is 2.60. The van der Waals surface area contributed by atoms with E-state index in [0.717, 1.165) is 16.5 Å². The number of halogens is 1. The summed E-state index contributed by atoms with van der Waals surface area (Å²) in [5, 5.41) is 10.4. The van der Waals surface area contributed by atoms with Crippen molar-refractivity contribution in [3.8, 4) is 0 Å². The van der Waals surface area contributed by atoms with Crippen LogP contribution in [-0.2, 0) is 6.54 Å². The molecule has 4 nitrogen and oxygen atoms in total. The fourth-order valence-corrected chi connectivity index (χ4v) is 2.22. The molecule has 0 aliphatic rings. The number of nitrogens with one attached hydrogen (secondary N) is 2. The normalized spacial score (nSPS) is 10.8. The number of rotatable bonds is 3. The lowest BCUT2D eigenvalue weighted by molar-refractivity contribution is 0.0947. The summed E-state index contributed by atoms with van der Waals surface area (Å²) in [7, 11) is 0. The zero-order valence-electron chi connectivity index (χ0n) is 11.5. The minimum absolute atomic E-state index is 0.247. The number of para-hydroxylation sites is 1. The zero-order valence-corrected chi connectivity index (χ0v) is 11.5. The number of amides is 1. The van der Waals surface area contributed by atoms with Crippen molar-refractivity contribution in [2.24, 2.45) is 0 Å². The Bertz CT molecular complexity index is 810. The monoisotopic (exact) mass is 283 g/mol. The predicted molar refractivity (Wildman–Crippen MR) is 78.4 cm³/mol. The summed E-state index contributed by atoms with van der Waals surface area (Å²) in [6, 6.07) is 12.2. The molecule has 0 radical (unpaired) electrons. The predicted octanol–water partition coefficient (Wildman–Crippen LogP) is 2.94. The Morgan fingerprint density at radius 2 is 2.10 bits per heavy atom. The second-order valence-electron chi connectivity index (χ2n) is 4.88. The molecule has 0 aliphatic carbocycles. The van der Waals surface area contributed by atoms with Gasteiger partial charge in [0.1, 0.15) is 5.82 Å². The Labute approximate surface area is 121 Å². The van der Waals surface area contributed by atoms with Gasteiger partial charge in [-0.15, -0.1) is 0 Å². The summed E-state index contributed by atoms with van der Waals surface area (Å²) >= 11 is 0. The molecule has 106 valence electrons. The van der Waals surface area contributed by atoms with Gasteiger partial charge in [-0.25, -0.2) is 4.39 Å². The van der Waals surface area contributed by atoms with Crippen LogP contribution in [0.15, 0.2) is 42.5 Å². The second kappa shape index (κ2) is 5.36. The molecule has 0 aliphatic heterocycles.